The average Bonchev–Trinajstić information content (AvgIpc) is 3.32. The summed E-state index contributed by atoms with van der Waals surface area (Å²) in [6.07, 6.45) is 3.73. The maximum absolute atomic E-state index is 13.3. The Kier molecular flexibility index (Phi) is 5.44. The Morgan fingerprint density at radius 2 is 1.64 bits per heavy atom. The quantitative estimate of drug-likeness (QED) is 0.726. The Morgan fingerprint density at radius 1 is 0.964 bits per heavy atom. The summed E-state index contributed by atoms with van der Waals surface area (Å²) in [7, 11) is 4.96. The molecule has 2 aromatic carbocycles. The minimum atomic E-state index is -0.181. The molecule has 0 bridgehead atoms. The molecule has 1 aliphatic heterocycles. The zero-order valence-corrected chi connectivity index (χ0v) is 16.8. The first kappa shape index (κ1) is 19.1. The van der Waals surface area contributed by atoms with Gasteiger partial charge in [0.15, 0.2) is 11.5 Å². The Balaban J connectivity index is 1.62. The van der Waals surface area contributed by atoms with Gasteiger partial charge in [-0.3, -0.25) is 4.90 Å². The maximum atomic E-state index is 13.3. The first-order valence-corrected chi connectivity index (χ1v) is 9.93. The minimum Gasteiger partial charge on any atom is -0.493 e. The Bertz CT molecular complexity index is 798. The van der Waals surface area contributed by atoms with Gasteiger partial charge >= 0.3 is 0 Å². The molecule has 1 saturated carbocycles. The highest BCUT2D eigenvalue weighted by Gasteiger charge is 2.45. The maximum Gasteiger partial charge on any atom is 0.203 e. The smallest absolute Gasteiger partial charge is 0.203 e. The first-order chi connectivity index (χ1) is 13.6. The summed E-state index contributed by atoms with van der Waals surface area (Å²) in [5, 5.41) is 0. The third-order valence-electron chi connectivity index (χ3n) is 6.36. The molecule has 4 nitrogen and oxygen atoms in total. The second kappa shape index (κ2) is 8.00. The van der Waals surface area contributed by atoms with Crippen molar-refractivity contribution in [2.75, 3.05) is 27.9 Å². The fourth-order valence-corrected chi connectivity index (χ4v) is 5.09. The van der Waals surface area contributed by atoms with Crippen molar-refractivity contribution < 1.29 is 18.6 Å². The van der Waals surface area contributed by atoms with Crippen LogP contribution < -0.4 is 14.2 Å². The van der Waals surface area contributed by atoms with Crippen molar-refractivity contribution >= 4 is 0 Å². The zero-order chi connectivity index (χ0) is 19.7. The van der Waals surface area contributed by atoms with Crippen molar-refractivity contribution in [2.45, 2.75) is 37.8 Å². The normalized spacial score (nSPS) is 24.2. The molecular weight excluding hydrogens is 357 g/mol. The molecule has 2 fully saturated rings. The van der Waals surface area contributed by atoms with Crippen molar-refractivity contribution in [3.05, 3.63) is 53.3 Å². The van der Waals surface area contributed by atoms with Gasteiger partial charge in [-0.05, 0) is 54.2 Å². The van der Waals surface area contributed by atoms with Crippen LogP contribution in [-0.2, 0) is 6.54 Å². The van der Waals surface area contributed by atoms with Gasteiger partial charge in [-0.2, -0.15) is 0 Å². The molecule has 150 valence electrons. The number of benzene rings is 2. The van der Waals surface area contributed by atoms with Crippen LogP contribution in [0.4, 0.5) is 4.39 Å². The highest BCUT2D eigenvalue weighted by Crippen LogP contribution is 2.49. The Hall–Kier alpha value is -2.27. The number of hydrogen-bond acceptors (Lipinski definition) is 4. The van der Waals surface area contributed by atoms with E-state index >= 15 is 0 Å². The van der Waals surface area contributed by atoms with Crippen LogP contribution in [0.2, 0.25) is 0 Å². The summed E-state index contributed by atoms with van der Waals surface area (Å²) in [5.74, 6) is 2.94. The zero-order valence-electron chi connectivity index (χ0n) is 16.8. The summed E-state index contributed by atoms with van der Waals surface area (Å²) < 4.78 is 29.9. The Morgan fingerprint density at radius 3 is 2.25 bits per heavy atom. The number of methoxy groups -OCH3 is 3. The van der Waals surface area contributed by atoms with Crippen molar-refractivity contribution in [1.29, 1.82) is 0 Å². The number of rotatable bonds is 6. The molecule has 0 amide bonds. The van der Waals surface area contributed by atoms with Gasteiger partial charge < -0.3 is 14.2 Å². The van der Waals surface area contributed by atoms with E-state index < -0.39 is 0 Å². The molecule has 0 N–H and O–H groups in total. The highest BCUT2D eigenvalue weighted by molar-refractivity contribution is 5.55. The summed E-state index contributed by atoms with van der Waals surface area (Å²) in [6.45, 7) is 1.85. The second-order valence-corrected chi connectivity index (χ2v) is 7.78. The molecule has 3 unspecified atom stereocenters. The lowest BCUT2D eigenvalue weighted by Crippen LogP contribution is -2.29. The molecule has 28 heavy (non-hydrogen) atoms. The molecule has 3 atom stereocenters. The summed E-state index contributed by atoms with van der Waals surface area (Å²) in [4.78, 5) is 2.57. The molecule has 2 aromatic rings. The SMILES string of the molecule is COc1cc(C2CN(Cc3ccc(F)cc3)C3CCCC23)cc(OC)c1OC. The molecule has 4 rings (SSSR count). The molecule has 5 heteroatoms. The lowest BCUT2D eigenvalue weighted by Gasteiger charge is -2.23. The molecule has 1 saturated heterocycles. The predicted molar refractivity (Wildman–Crippen MR) is 107 cm³/mol. The number of halogens is 1. The van der Waals surface area contributed by atoms with Gasteiger partial charge in [0.2, 0.25) is 5.75 Å². The fourth-order valence-electron chi connectivity index (χ4n) is 5.09. The van der Waals surface area contributed by atoms with E-state index in [1.807, 2.05) is 12.1 Å². The number of likely N-dealkylation sites (tertiary alicyclic amines) is 1. The van der Waals surface area contributed by atoms with E-state index in [0.29, 0.717) is 35.1 Å². The van der Waals surface area contributed by atoms with E-state index in [0.717, 1.165) is 18.7 Å². The largest absolute Gasteiger partial charge is 0.493 e. The van der Waals surface area contributed by atoms with Crippen LogP contribution in [0.3, 0.4) is 0 Å². The standard InChI is InChI=1S/C23H28FNO3/c1-26-21-11-16(12-22(27-2)23(21)28-3)19-14-25(20-6-4-5-18(19)20)13-15-7-9-17(24)10-8-15/h7-12,18-20H,4-6,13-14H2,1-3H3. The molecule has 0 radical (unpaired) electrons. The monoisotopic (exact) mass is 385 g/mol. The van der Waals surface area contributed by atoms with Gasteiger partial charge in [-0.25, -0.2) is 4.39 Å². The van der Waals surface area contributed by atoms with Gasteiger partial charge in [0.05, 0.1) is 21.3 Å². The topological polar surface area (TPSA) is 30.9 Å². The molecular formula is C23H28FNO3. The molecule has 2 aliphatic rings. The van der Waals surface area contributed by atoms with Gasteiger partial charge in [-0.1, -0.05) is 18.6 Å². The summed E-state index contributed by atoms with van der Waals surface area (Å²) in [5.41, 5.74) is 2.41. The Labute approximate surface area is 166 Å². The van der Waals surface area contributed by atoms with Gasteiger partial charge in [0, 0.05) is 25.0 Å². The lowest BCUT2D eigenvalue weighted by atomic mass is 9.86. The van der Waals surface area contributed by atoms with Gasteiger partial charge in [-0.15, -0.1) is 0 Å². The van der Waals surface area contributed by atoms with Crippen LogP contribution >= 0.6 is 0 Å². The van der Waals surface area contributed by atoms with Crippen molar-refractivity contribution in [1.82, 2.24) is 4.90 Å². The highest BCUT2D eigenvalue weighted by atomic mass is 19.1. The van der Waals surface area contributed by atoms with E-state index in [9.17, 15) is 4.39 Å². The minimum absolute atomic E-state index is 0.181. The second-order valence-electron chi connectivity index (χ2n) is 7.78. The number of ether oxygens (including phenoxy) is 3. The van der Waals surface area contributed by atoms with Gasteiger partial charge in [0.1, 0.15) is 5.82 Å². The van der Waals surface area contributed by atoms with E-state index in [4.69, 9.17) is 14.2 Å². The third kappa shape index (κ3) is 3.44. The van der Waals surface area contributed by atoms with Gasteiger partial charge in [0.25, 0.3) is 0 Å². The fraction of sp³-hybridized carbons (Fsp3) is 0.478. The molecule has 0 spiro atoms. The van der Waals surface area contributed by atoms with Crippen LogP contribution in [0.5, 0.6) is 17.2 Å². The van der Waals surface area contributed by atoms with E-state index in [-0.39, 0.29) is 5.82 Å². The molecule has 1 aliphatic carbocycles. The van der Waals surface area contributed by atoms with Crippen LogP contribution in [0.15, 0.2) is 36.4 Å². The summed E-state index contributed by atoms with van der Waals surface area (Å²) in [6, 6.07) is 11.7. The van der Waals surface area contributed by atoms with E-state index in [1.165, 1.54) is 24.8 Å². The number of nitrogens with zero attached hydrogens (tertiary/aromatic N) is 1. The summed E-state index contributed by atoms with van der Waals surface area (Å²) >= 11 is 0. The van der Waals surface area contributed by atoms with Crippen LogP contribution in [0.1, 0.15) is 36.3 Å². The van der Waals surface area contributed by atoms with Crippen molar-refractivity contribution in [2.24, 2.45) is 5.92 Å². The number of fused-ring (bicyclic) bond motifs is 1. The van der Waals surface area contributed by atoms with Crippen LogP contribution in [0.25, 0.3) is 0 Å². The predicted octanol–water partition coefficient (Wildman–Crippen LogP) is 4.62. The average molecular weight is 385 g/mol. The van der Waals surface area contributed by atoms with Crippen LogP contribution in [0, 0.1) is 11.7 Å². The lowest BCUT2D eigenvalue weighted by molar-refractivity contribution is 0.232. The molecule has 1 heterocycles. The third-order valence-corrected chi connectivity index (χ3v) is 6.36. The van der Waals surface area contributed by atoms with Crippen molar-refractivity contribution in [3.8, 4) is 17.2 Å². The molecule has 0 aromatic heterocycles. The number of hydrogen-bond donors (Lipinski definition) is 0. The first-order valence-electron chi connectivity index (χ1n) is 9.93. The van der Waals surface area contributed by atoms with Crippen molar-refractivity contribution in [3.63, 3.8) is 0 Å². The van der Waals surface area contributed by atoms with E-state index in [1.54, 1.807) is 33.5 Å². The van der Waals surface area contributed by atoms with Crippen LogP contribution in [-0.4, -0.2) is 38.8 Å². The van der Waals surface area contributed by atoms with E-state index in [2.05, 4.69) is 17.0 Å².